The molecule has 1 aromatic rings. The molecule has 1 heterocycles. The summed E-state index contributed by atoms with van der Waals surface area (Å²) >= 11 is 0. The fourth-order valence-corrected chi connectivity index (χ4v) is 3.82. The molecule has 6 nitrogen and oxygen atoms in total. The minimum Gasteiger partial charge on any atom is -0.465 e. The molecule has 0 aliphatic carbocycles. The molecule has 1 aromatic carbocycles. The van der Waals surface area contributed by atoms with Gasteiger partial charge in [-0.25, -0.2) is 9.69 Å². The molecular weight excluding hydrogens is 380 g/mol. The van der Waals surface area contributed by atoms with E-state index in [1.54, 1.807) is 24.3 Å². The quantitative estimate of drug-likeness (QED) is 0.272. The lowest BCUT2D eigenvalue weighted by Gasteiger charge is -2.16. The number of ether oxygens (including phenoxy) is 1. The Kier molecular flexibility index (Phi) is 10.6. The monoisotopic (exact) mass is 416 g/mol. The summed E-state index contributed by atoms with van der Waals surface area (Å²) in [6, 6.07) is 5.87. The standard InChI is InChI=1S/C24H36N2O4/c1-3-4-5-6-7-8-9-10-11-12-17-25-21-18-22(27)26(23(21)28)20-15-13-19(14-16-20)24(29)30-2/h13-16,21,25H,3-12,17-18H2,1-2H3/t21-/m1/s1. The van der Waals surface area contributed by atoms with Crippen molar-refractivity contribution >= 4 is 23.5 Å². The molecule has 6 heteroatoms. The molecule has 0 aromatic heterocycles. The summed E-state index contributed by atoms with van der Waals surface area (Å²) in [4.78, 5) is 37.7. The lowest BCUT2D eigenvalue weighted by atomic mass is 10.1. The number of carbonyl (C=O) groups is 3. The van der Waals surface area contributed by atoms with Gasteiger partial charge in [0.05, 0.1) is 30.8 Å². The van der Waals surface area contributed by atoms with Crippen molar-refractivity contribution in [2.24, 2.45) is 0 Å². The fourth-order valence-electron chi connectivity index (χ4n) is 3.82. The number of methoxy groups -OCH3 is 1. The van der Waals surface area contributed by atoms with E-state index in [-0.39, 0.29) is 18.2 Å². The third-order valence-corrected chi connectivity index (χ3v) is 5.61. The molecule has 1 fully saturated rings. The van der Waals surface area contributed by atoms with Crippen molar-refractivity contribution in [1.82, 2.24) is 5.32 Å². The molecule has 1 aliphatic rings. The molecule has 0 radical (unpaired) electrons. The predicted octanol–water partition coefficient (Wildman–Crippen LogP) is 4.62. The molecule has 2 amide bonds. The van der Waals surface area contributed by atoms with Crippen molar-refractivity contribution in [2.45, 2.75) is 83.6 Å². The smallest absolute Gasteiger partial charge is 0.337 e. The van der Waals surface area contributed by atoms with Crippen LogP contribution in [0.25, 0.3) is 0 Å². The van der Waals surface area contributed by atoms with Crippen LogP contribution in [-0.4, -0.2) is 37.5 Å². The van der Waals surface area contributed by atoms with E-state index in [9.17, 15) is 14.4 Å². The highest BCUT2D eigenvalue weighted by molar-refractivity contribution is 6.22. The lowest BCUT2D eigenvalue weighted by molar-refractivity contribution is -0.121. The maximum Gasteiger partial charge on any atom is 0.337 e. The molecule has 1 aliphatic heterocycles. The Hall–Kier alpha value is -2.21. The van der Waals surface area contributed by atoms with Gasteiger partial charge in [-0.2, -0.15) is 0 Å². The minimum absolute atomic E-state index is 0.176. The van der Waals surface area contributed by atoms with Gasteiger partial charge < -0.3 is 10.1 Å². The van der Waals surface area contributed by atoms with Gasteiger partial charge in [-0.3, -0.25) is 9.59 Å². The zero-order valence-corrected chi connectivity index (χ0v) is 18.5. The highest BCUT2D eigenvalue weighted by Crippen LogP contribution is 2.23. The van der Waals surface area contributed by atoms with Crippen molar-refractivity contribution < 1.29 is 19.1 Å². The largest absolute Gasteiger partial charge is 0.465 e. The Balaban J connectivity index is 1.66. The molecule has 0 saturated carbocycles. The first-order valence-corrected chi connectivity index (χ1v) is 11.4. The number of rotatable bonds is 14. The Bertz CT molecular complexity index is 687. The van der Waals surface area contributed by atoms with Gasteiger partial charge in [0.1, 0.15) is 0 Å². The topological polar surface area (TPSA) is 75.7 Å². The van der Waals surface area contributed by atoms with Crippen LogP contribution in [0.3, 0.4) is 0 Å². The molecule has 1 saturated heterocycles. The summed E-state index contributed by atoms with van der Waals surface area (Å²) in [6.07, 6.45) is 12.9. The van der Waals surface area contributed by atoms with E-state index >= 15 is 0 Å². The molecule has 0 unspecified atom stereocenters. The van der Waals surface area contributed by atoms with Crippen LogP contribution in [-0.2, 0) is 14.3 Å². The van der Waals surface area contributed by atoms with Crippen molar-refractivity contribution in [2.75, 3.05) is 18.6 Å². The maximum atomic E-state index is 12.7. The maximum absolute atomic E-state index is 12.7. The molecular formula is C24H36N2O4. The third-order valence-electron chi connectivity index (χ3n) is 5.61. The summed E-state index contributed by atoms with van der Waals surface area (Å²) in [7, 11) is 1.31. The highest BCUT2D eigenvalue weighted by Gasteiger charge is 2.39. The number of benzene rings is 1. The number of imide groups is 1. The Labute approximate surface area is 180 Å². The van der Waals surface area contributed by atoms with Crippen LogP contribution in [0.2, 0.25) is 0 Å². The van der Waals surface area contributed by atoms with Crippen LogP contribution >= 0.6 is 0 Å². The van der Waals surface area contributed by atoms with Gasteiger partial charge in [-0.1, -0.05) is 64.7 Å². The number of amides is 2. The second-order valence-electron chi connectivity index (χ2n) is 8.00. The van der Waals surface area contributed by atoms with E-state index in [2.05, 4.69) is 17.0 Å². The summed E-state index contributed by atoms with van der Waals surface area (Å²) in [5, 5.41) is 3.24. The van der Waals surface area contributed by atoms with Crippen LogP contribution in [0.4, 0.5) is 5.69 Å². The molecule has 0 bridgehead atoms. The first-order valence-electron chi connectivity index (χ1n) is 11.4. The van der Waals surface area contributed by atoms with Gasteiger partial charge in [0.15, 0.2) is 0 Å². The SMILES string of the molecule is CCCCCCCCCCCCN[C@@H]1CC(=O)N(c2ccc(C(=O)OC)cc2)C1=O. The molecule has 1 atom stereocenters. The Morgan fingerprint density at radius 2 is 1.53 bits per heavy atom. The second kappa shape index (κ2) is 13.2. The van der Waals surface area contributed by atoms with Crippen LogP contribution in [0.5, 0.6) is 0 Å². The lowest BCUT2D eigenvalue weighted by Crippen LogP contribution is -2.39. The van der Waals surface area contributed by atoms with Gasteiger partial charge in [-0.15, -0.1) is 0 Å². The number of nitrogens with zero attached hydrogens (tertiary/aromatic N) is 1. The van der Waals surface area contributed by atoms with Crippen molar-refractivity contribution in [3.63, 3.8) is 0 Å². The van der Waals surface area contributed by atoms with Gasteiger partial charge in [-0.05, 0) is 37.2 Å². The van der Waals surface area contributed by atoms with E-state index in [0.717, 1.165) is 19.4 Å². The average Bonchev–Trinajstić information content (AvgIpc) is 3.04. The van der Waals surface area contributed by atoms with Gasteiger partial charge >= 0.3 is 5.97 Å². The van der Waals surface area contributed by atoms with E-state index in [1.807, 2.05) is 0 Å². The molecule has 30 heavy (non-hydrogen) atoms. The number of esters is 1. The summed E-state index contributed by atoms with van der Waals surface area (Å²) in [6.45, 7) is 2.99. The Morgan fingerprint density at radius 1 is 0.967 bits per heavy atom. The predicted molar refractivity (Wildman–Crippen MR) is 119 cm³/mol. The van der Waals surface area contributed by atoms with E-state index < -0.39 is 12.0 Å². The fraction of sp³-hybridized carbons (Fsp3) is 0.625. The zero-order chi connectivity index (χ0) is 21.8. The van der Waals surface area contributed by atoms with Crippen LogP contribution in [0.1, 0.15) is 87.9 Å². The summed E-state index contributed by atoms with van der Waals surface area (Å²) in [5.74, 6) is -0.888. The van der Waals surface area contributed by atoms with Crippen molar-refractivity contribution in [3.8, 4) is 0 Å². The first-order chi connectivity index (χ1) is 14.6. The third kappa shape index (κ3) is 7.24. The normalized spacial score (nSPS) is 16.3. The first kappa shape index (κ1) is 24.1. The second-order valence-corrected chi connectivity index (χ2v) is 8.00. The average molecular weight is 417 g/mol. The molecule has 166 valence electrons. The van der Waals surface area contributed by atoms with E-state index in [4.69, 9.17) is 0 Å². The van der Waals surface area contributed by atoms with Crippen molar-refractivity contribution in [3.05, 3.63) is 29.8 Å². The minimum atomic E-state index is -0.462. The van der Waals surface area contributed by atoms with Gasteiger partial charge in [0, 0.05) is 0 Å². The van der Waals surface area contributed by atoms with Crippen molar-refractivity contribution in [1.29, 1.82) is 0 Å². The van der Waals surface area contributed by atoms with Crippen LogP contribution < -0.4 is 10.2 Å². The number of hydrogen-bond donors (Lipinski definition) is 1. The summed E-state index contributed by atoms with van der Waals surface area (Å²) < 4.78 is 4.67. The molecule has 2 rings (SSSR count). The van der Waals surface area contributed by atoms with Crippen LogP contribution in [0.15, 0.2) is 24.3 Å². The van der Waals surface area contributed by atoms with E-state index in [1.165, 1.54) is 63.4 Å². The number of hydrogen-bond acceptors (Lipinski definition) is 5. The Morgan fingerprint density at radius 3 is 2.10 bits per heavy atom. The summed E-state index contributed by atoms with van der Waals surface area (Å²) in [5.41, 5.74) is 0.872. The van der Waals surface area contributed by atoms with Gasteiger partial charge in [0.25, 0.3) is 5.91 Å². The number of carbonyl (C=O) groups excluding carboxylic acids is 3. The van der Waals surface area contributed by atoms with Gasteiger partial charge in [0.2, 0.25) is 5.91 Å². The number of anilines is 1. The molecule has 1 N–H and O–H groups in total. The number of unbranched alkanes of at least 4 members (excludes halogenated alkanes) is 9. The molecule has 0 spiro atoms. The van der Waals surface area contributed by atoms with E-state index in [0.29, 0.717) is 11.3 Å². The number of nitrogens with one attached hydrogen (secondary N) is 1. The zero-order valence-electron chi connectivity index (χ0n) is 18.5. The highest BCUT2D eigenvalue weighted by atomic mass is 16.5. The van der Waals surface area contributed by atoms with Crippen LogP contribution in [0, 0.1) is 0 Å².